The third kappa shape index (κ3) is 5.17. The van der Waals surface area contributed by atoms with Crippen molar-refractivity contribution in [3.8, 4) is 0 Å². The molecular formula is C22H29N2O+. The number of hydrogen-bond acceptors (Lipinski definition) is 1. The molecule has 1 saturated heterocycles. The lowest BCUT2D eigenvalue weighted by molar-refractivity contribution is -0.904. The van der Waals surface area contributed by atoms with Crippen molar-refractivity contribution < 1.29 is 9.69 Å². The maximum absolute atomic E-state index is 12.6. The van der Waals surface area contributed by atoms with E-state index in [2.05, 4.69) is 49.5 Å². The van der Waals surface area contributed by atoms with Gasteiger partial charge in [0.05, 0.1) is 13.1 Å². The summed E-state index contributed by atoms with van der Waals surface area (Å²) in [5.41, 5.74) is 3.36. The number of likely N-dealkylation sites (tertiary alicyclic amines) is 1. The van der Waals surface area contributed by atoms with Gasteiger partial charge in [-0.25, -0.2) is 0 Å². The van der Waals surface area contributed by atoms with E-state index in [-0.39, 0.29) is 5.91 Å². The lowest BCUT2D eigenvalue weighted by Crippen LogP contribution is -3.15. The van der Waals surface area contributed by atoms with Gasteiger partial charge in [-0.1, -0.05) is 62.4 Å². The second-order valence-corrected chi connectivity index (χ2v) is 7.65. The van der Waals surface area contributed by atoms with Crippen LogP contribution in [0.5, 0.6) is 0 Å². The highest BCUT2D eigenvalue weighted by Gasteiger charge is 2.26. The third-order valence-electron chi connectivity index (χ3n) is 5.02. The highest BCUT2D eigenvalue weighted by atomic mass is 16.2. The van der Waals surface area contributed by atoms with E-state index in [1.54, 1.807) is 0 Å². The number of nitrogens with one attached hydrogen (secondary N) is 2. The molecule has 2 aromatic rings. The van der Waals surface area contributed by atoms with Crippen LogP contribution in [0.1, 0.15) is 31.4 Å². The van der Waals surface area contributed by atoms with Gasteiger partial charge in [0.2, 0.25) is 0 Å². The fraction of sp³-hybridized carbons (Fsp3) is 0.409. The molecule has 3 heteroatoms. The van der Waals surface area contributed by atoms with Crippen molar-refractivity contribution in [1.29, 1.82) is 0 Å². The maximum atomic E-state index is 12.6. The first-order chi connectivity index (χ1) is 12.1. The summed E-state index contributed by atoms with van der Waals surface area (Å²) in [4.78, 5) is 14.0. The van der Waals surface area contributed by atoms with E-state index in [1.807, 2.05) is 24.3 Å². The van der Waals surface area contributed by atoms with Crippen LogP contribution in [0.4, 0.5) is 5.69 Å². The Morgan fingerprint density at radius 2 is 1.64 bits per heavy atom. The zero-order chi connectivity index (χ0) is 17.6. The Morgan fingerprint density at radius 1 is 1.00 bits per heavy atom. The predicted octanol–water partition coefficient (Wildman–Crippen LogP) is 2.78. The second-order valence-electron chi connectivity index (χ2n) is 7.65. The number of carbonyl (C=O) groups excluding carboxylic acids is 1. The molecule has 1 aliphatic heterocycles. The van der Waals surface area contributed by atoms with E-state index < -0.39 is 0 Å². The van der Waals surface area contributed by atoms with Gasteiger partial charge < -0.3 is 10.2 Å². The van der Waals surface area contributed by atoms with Crippen LogP contribution in [0.15, 0.2) is 54.6 Å². The van der Waals surface area contributed by atoms with Gasteiger partial charge in [0, 0.05) is 17.5 Å². The predicted molar refractivity (Wildman–Crippen MR) is 103 cm³/mol. The van der Waals surface area contributed by atoms with Gasteiger partial charge in [0.25, 0.3) is 5.91 Å². The number of carbonyl (C=O) groups is 1. The average molecular weight is 337 g/mol. The quantitative estimate of drug-likeness (QED) is 0.864. The molecule has 0 aliphatic carbocycles. The number of anilines is 1. The van der Waals surface area contributed by atoms with Crippen LogP contribution in [-0.4, -0.2) is 25.5 Å². The molecule has 1 fully saturated rings. The Hall–Kier alpha value is -2.13. The number of amides is 1. The average Bonchev–Trinajstić information content (AvgIpc) is 2.56. The summed E-state index contributed by atoms with van der Waals surface area (Å²) in [5, 5.41) is 3.15. The summed E-state index contributed by atoms with van der Waals surface area (Å²) in [5.74, 6) is 1.53. The van der Waals surface area contributed by atoms with Crippen LogP contribution < -0.4 is 10.2 Å². The van der Waals surface area contributed by atoms with Gasteiger partial charge in [-0.05, 0) is 30.0 Å². The molecule has 3 rings (SSSR count). The third-order valence-corrected chi connectivity index (χ3v) is 5.02. The molecule has 0 radical (unpaired) electrons. The second kappa shape index (κ2) is 8.30. The first kappa shape index (κ1) is 17.7. The maximum Gasteiger partial charge on any atom is 0.279 e. The monoisotopic (exact) mass is 337 g/mol. The number of hydrogen-bond donors (Lipinski definition) is 2. The van der Waals surface area contributed by atoms with Crippen LogP contribution in [-0.2, 0) is 11.2 Å². The van der Waals surface area contributed by atoms with E-state index in [9.17, 15) is 4.79 Å². The van der Waals surface area contributed by atoms with Crippen molar-refractivity contribution in [1.82, 2.24) is 0 Å². The van der Waals surface area contributed by atoms with Gasteiger partial charge in [-0.2, -0.15) is 0 Å². The van der Waals surface area contributed by atoms with Crippen molar-refractivity contribution in [3.63, 3.8) is 0 Å². The SMILES string of the molecule is C[C@@H]1C[C@@H](C)C[NH+](CC(=O)Nc2ccccc2Cc2ccccc2)C1. The minimum Gasteiger partial charge on any atom is -0.327 e. The molecule has 2 aromatic carbocycles. The topological polar surface area (TPSA) is 33.5 Å². The lowest BCUT2D eigenvalue weighted by Gasteiger charge is -2.31. The summed E-state index contributed by atoms with van der Waals surface area (Å²) in [6.07, 6.45) is 2.12. The van der Waals surface area contributed by atoms with Crippen LogP contribution >= 0.6 is 0 Å². The molecular weight excluding hydrogens is 308 g/mol. The molecule has 2 atom stereocenters. The number of benzene rings is 2. The van der Waals surface area contributed by atoms with E-state index in [0.717, 1.165) is 30.8 Å². The molecule has 2 N–H and O–H groups in total. The molecule has 1 heterocycles. The van der Waals surface area contributed by atoms with Crippen molar-refractivity contribution in [2.45, 2.75) is 26.7 Å². The Balaban J connectivity index is 1.63. The highest BCUT2D eigenvalue weighted by Crippen LogP contribution is 2.19. The van der Waals surface area contributed by atoms with E-state index >= 15 is 0 Å². The Morgan fingerprint density at radius 3 is 2.36 bits per heavy atom. The fourth-order valence-electron chi connectivity index (χ4n) is 4.10. The molecule has 0 saturated carbocycles. The summed E-state index contributed by atoms with van der Waals surface area (Å²) < 4.78 is 0. The minimum absolute atomic E-state index is 0.122. The standard InChI is InChI=1S/C22H28N2O/c1-17-12-18(2)15-24(14-17)16-22(25)23-21-11-7-6-10-20(21)13-19-8-4-3-5-9-19/h3-11,17-18H,12-16H2,1-2H3,(H,23,25)/p+1/t17-,18-/m1/s1. The molecule has 0 aromatic heterocycles. The Bertz CT molecular complexity index is 688. The smallest absolute Gasteiger partial charge is 0.279 e. The summed E-state index contributed by atoms with van der Waals surface area (Å²) in [6.45, 7) is 7.35. The van der Waals surface area contributed by atoms with Gasteiger partial charge in [-0.15, -0.1) is 0 Å². The van der Waals surface area contributed by atoms with Gasteiger partial charge >= 0.3 is 0 Å². The zero-order valence-electron chi connectivity index (χ0n) is 15.3. The largest absolute Gasteiger partial charge is 0.327 e. The number of rotatable bonds is 5. The van der Waals surface area contributed by atoms with Crippen LogP contribution in [0.3, 0.4) is 0 Å². The molecule has 1 aliphatic rings. The normalized spacial score (nSPS) is 23.2. The van der Waals surface area contributed by atoms with Crippen LogP contribution in [0.2, 0.25) is 0 Å². The highest BCUT2D eigenvalue weighted by molar-refractivity contribution is 5.92. The van der Waals surface area contributed by atoms with Crippen LogP contribution in [0, 0.1) is 11.8 Å². The summed E-state index contributed by atoms with van der Waals surface area (Å²) in [6, 6.07) is 18.5. The van der Waals surface area contributed by atoms with E-state index in [0.29, 0.717) is 18.4 Å². The summed E-state index contributed by atoms with van der Waals surface area (Å²) >= 11 is 0. The van der Waals surface area contributed by atoms with Crippen LogP contribution in [0.25, 0.3) is 0 Å². The Labute approximate surface area is 151 Å². The van der Waals surface area contributed by atoms with Gasteiger partial charge in [0.15, 0.2) is 6.54 Å². The lowest BCUT2D eigenvalue weighted by atomic mass is 9.92. The molecule has 0 unspecified atom stereocenters. The number of quaternary nitrogens is 1. The first-order valence-electron chi connectivity index (χ1n) is 9.35. The van der Waals surface area contributed by atoms with Gasteiger partial charge in [0.1, 0.15) is 0 Å². The van der Waals surface area contributed by atoms with Crippen molar-refractivity contribution >= 4 is 11.6 Å². The minimum atomic E-state index is 0.122. The van der Waals surface area contributed by atoms with Gasteiger partial charge in [-0.3, -0.25) is 4.79 Å². The van der Waals surface area contributed by atoms with E-state index in [1.165, 1.54) is 16.9 Å². The molecule has 0 bridgehead atoms. The fourth-order valence-corrected chi connectivity index (χ4v) is 4.10. The van der Waals surface area contributed by atoms with Crippen molar-refractivity contribution in [2.24, 2.45) is 11.8 Å². The number of piperidine rings is 1. The zero-order valence-corrected chi connectivity index (χ0v) is 15.3. The first-order valence-corrected chi connectivity index (χ1v) is 9.35. The molecule has 0 spiro atoms. The molecule has 132 valence electrons. The summed E-state index contributed by atoms with van der Waals surface area (Å²) in [7, 11) is 0. The molecule has 3 nitrogen and oxygen atoms in total. The van der Waals surface area contributed by atoms with Crippen molar-refractivity contribution in [3.05, 3.63) is 65.7 Å². The molecule has 25 heavy (non-hydrogen) atoms. The number of para-hydroxylation sites is 1. The van der Waals surface area contributed by atoms with E-state index in [4.69, 9.17) is 0 Å². The van der Waals surface area contributed by atoms with Crippen molar-refractivity contribution in [2.75, 3.05) is 25.0 Å². The Kier molecular flexibility index (Phi) is 5.87. The molecule has 1 amide bonds.